The number of carbonyl (C=O) groups excluding carboxylic acids is 1. The Morgan fingerprint density at radius 2 is 1.96 bits per heavy atom. The van der Waals surface area contributed by atoms with Gasteiger partial charge in [0.2, 0.25) is 0 Å². The van der Waals surface area contributed by atoms with Gasteiger partial charge < -0.3 is 4.57 Å². The van der Waals surface area contributed by atoms with E-state index in [0.29, 0.717) is 25.6 Å². The normalized spacial score (nSPS) is 11.9. The molecule has 1 aromatic carbocycles. The van der Waals surface area contributed by atoms with Crippen molar-refractivity contribution >= 4 is 62.0 Å². The first-order valence-corrected chi connectivity index (χ1v) is 9.37. The van der Waals surface area contributed by atoms with Crippen LogP contribution in [-0.2, 0) is 6.54 Å². The second-order valence-electron chi connectivity index (χ2n) is 5.23. The fourth-order valence-electron chi connectivity index (χ4n) is 2.28. The highest BCUT2D eigenvalue weighted by atomic mass is 35.5. The maximum atomic E-state index is 12.5. The van der Waals surface area contributed by atoms with Crippen molar-refractivity contribution in [2.45, 2.75) is 20.4 Å². The molecule has 0 radical (unpaired) electrons. The standard InChI is InChI=1S/C17H12Cl2N2OS2/c1-4-5-21-12-6-9(2)10(3)7-13(12)23-17(21)20-16(22)11-8-14(18)24-15(11)19/h1,6-8H,5H2,2-3H3. The summed E-state index contributed by atoms with van der Waals surface area (Å²) in [5.74, 6) is 2.20. The van der Waals surface area contributed by atoms with Crippen molar-refractivity contribution in [3.8, 4) is 12.3 Å². The van der Waals surface area contributed by atoms with Crippen LogP contribution < -0.4 is 4.80 Å². The summed E-state index contributed by atoms with van der Waals surface area (Å²) in [6.07, 6.45) is 5.49. The molecule has 1 amide bonds. The zero-order valence-electron chi connectivity index (χ0n) is 12.9. The Morgan fingerprint density at radius 3 is 2.58 bits per heavy atom. The third-order valence-electron chi connectivity index (χ3n) is 3.63. The summed E-state index contributed by atoms with van der Waals surface area (Å²) >= 11 is 14.5. The average molecular weight is 395 g/mol. The van der Waals surface area contributed by atoms with E-state index < -0.39 is 5.91 Å². The first-order chi connectivity index (χ1) is 11.4. The Morgan fingerprint density at radius 1 is 1.25 bits per heavy atom. The predicted octanol–water partition coefficient (Wildman–Crippen LogP) is 5.06. The third-order valence-corrected chi connectivity index (χ3v) is 6.16. The molecule has 0 saturated carbocycles. The fraction of sp³-hybridized carbons (Fsp3) is 0.176. The van der Waals surface area contributed by atoms with Crippen molar-refractivity contribution in [1.29, 1.82) is 0 Å². The lowest BCUT2D eigenvalue weighted by Crippen LogP contribution is -2.16. The maximum Gasteiger partial charge on any atom is 0.282 e. The topological polar surface area (TPSA) is 34.4 Å². The van der Waals surface area contributed by atoms with Gasteiger partial charge in [-0.25, -0.2) is 0 Å². The first kappa shape index (κ1) is 17.2. The van der Waals surface area contributed by atoms with Crippen molar-refractivity contribution in [3.05, 3.63) is 48.4 Å². The van der Waals surface area contributed by atoms with Crippen molar-refractivity contribution < 1.29 is 4.79 Å². The van der Waals surface area contributed by atoms with Gasteiger partial charge in [0.05, 0.1) is 26.7 Å². The number of hydrogen-bond acceptors (Lipinski definition) is 3. The molecule has 0 spiro atoms. The van der Waals surface area contributed by atoms with Crippen molar-refractivity contribution in [3.63, 3.8) is 0 Å². The van der Waals surface area contributed by atoms with E-state index >= 15 is 0 Å². The third kappa shape index (κ3) is 3.15. The summed E-state index contributed by atoms with van der Waals surface area (Å²) < 4.78 is 3.70. The van der Waals surface area contributed by atoms with Gasteiger partial charge >= 0.3 is 0 Å². The van der Waals surface area contributed by atoms with E-state index in [0.717, 1.165) is 27.1 Å². The Hall–Kier alpha value is -1.58. The second kappa shape index (κ2) is 6.73. The summed E-state index contributed by atoms with van der Waals surface area (Å²) in [5, 5.41) is 0. The van der Waals surface area contributed by atoms with E-state index in [2.05, 4.69) is 30.0 Å². The van der Waals surface area contributed by atoms with Crippen LogP contribution in [-0.4, -0.2) is 10.5 Å². The number of fused-ring (bicyclic) bond motifs is 1. The lowest BCUT2D eigenvalue weighted by atomic mass is 10.1. The van der Waals surface area contributed by atoms with Crippen molar-refractivity contribution in [1.82, 2.24) is 4.57 Å². The number of terminal acetylenes is 1. The molecule has 7 heteroatoms. The van der Waals surface area contributed by atoms with E-state index in [4.69, 9.17) is 29.6 Å². The number of hydrogen-bond donors (Lipinski definition) is 0. The molecule has 2 heterocycles. The van der Waals surface area contributed by atoms with Gasteiger partial charge in [0.25, 0.3) is 5.91 Å². The number of thiazole rings is 1. The molecule has 0 saturated heterocycles. The molecule has 122 valence electrons. The Balaban J connectivity index is 2.21. The largest absolute Gasteiger partial charge is 0.305 e. The molecule has 3 rings (SSSR count). The van der Waals surface area contributed by atoms with Gasteiger partial charge in [0.15, 0.2) is 4.80 Å². The second-order valence-corrected chi connectivity index (χ2v) is 8.53. The predicted molar refractivity (Wildman–Crippen MR) is 102 cm³/mol. The number of amides is 1. The summed E-state index contributed by atoms with van der Waals surface area (Å²) in [4.78, 5) is 17.2. The molecule has 0 N–H and O–H groups in total. The van der Waals surface area contributed by atoms with Crippen LogP contribution in [0.5, 0.6) is 0 Å². The number of rotatable bonds is 2. The lowest BCUT2D eigenvalue weighted by molar-refractivity contribution is 0.0998. The molecule has 0 aliphatic heterocycles. The van der Waals surface area contributed by atoms with E-state index in [1.807, 2.05) is 11.5 Å². The number of carbonyl (C=O) groups is 1. The summed E-state index contributed by atoms with van der Waals surface area (Å²) in [6, 6.07) is 5.68. The Bertz CT molecular complexity index is 1070. The summed E-state index contributed by atoms with van der Waals surface area (Å²) in [5.41, 5.74) is 3.63. The number of aromatic nitrogens is 1. The van der Waals surface area contributed by atoms with Gasteiger partial charge in [-0.2, -0.15) is 4.99 Å². The fourth-order valence-corrected chi connectivity index (χ4v) is 4.84. The summed E-state index contributed by atoms with van der Waals surface area (Å²) in [7, 11) is 0. The molecule has 0 fully saturated rings. The SMILES string of the molecule is C#CCn1c(=NC(=O)c2cc(Cl)sc2Cl)sc2cc(C)c(C)cc21. The van der Waals surface area contributed by atoms with Crippen LogP contribution in [0.2, 0.25) is 8.67 Å². The van der Waals surface area contributed by atoms with Gasteiger partial charge in [-0.3, -0.25) is 4.79 Å². The molecule has 0 unspecified atom stereocenters. The minimum atomic E-state index is -0.422. The average Bonchev–Trinajstić information content (AvgIpc) is 3.01. The zero-order chi connectivity index (χ0) is 17.4. The molecule has 0 bridgehead atoms. The van der Waals surface area contributed by atoms with Gasteiger partial charge in [-0.1, -0.05) is 40.5 Å². The van der Waals surface area contributed by atoms with Crippen molar-refractivity contribution in [2.24, 2.45) is 4.99 Å². The van der Waals surface area contributed by atoms with Crippen LogP contribution in [0.3, 0.4) is 0 Å². The number of thiophene rings is 1. The van der Waals surface area contributed by atoms with Gasteiger partial charge in [0.1, 0.15) is 4.34 Å². The van der Waals surface area contributed by atoms with Crippen LogP contribution >= 0.6 is 45.9 Å². The molecule has 0 aliphatic carbocycles. The van der Waals surface area contributed by atoms with Crippen LogP contribution in [0.4, 0.5) is 0 Å². The zero-order valence-corrected chi connectivity index (χ0v) is 16.0. The highest BCUT2D eigenvalue weighted by Gasteiger charge is 2.15. The lowest BCUT2D eigenvalue weighted by Gasteiger charge is -2.03. The molecule has 2 aromatic heterocycles. The minimum Gasteiger partial charge on any atom is -0.305 e. The van der Waals surface area contributed by atoms with Gasteiger partial charge in [-0.05, 0) is 43.2 Å². The van der Waals surface area contributed by atoms with E-state index in [1.165, 1.54) is 23.0 Å². The van der Waals surface area contributed by atoms with E-state index in [1.54, 1.807) is 0 Å². The molecule has 24 heavy (non-hydrogen) atoms. The smallest absolute Gasteiger partial charge is 0.282 e. The Labute approximate surface area is 157 Å². The van der Waals surface area contributed by atoms with Gasteiger partial charge in [-0.15, -0.1) is 17.8 Å². The van der Waals surface area contributed by atoms with Crippen LogP contribution in [0.1, 0.15) is 21.5 Å². The highest BCUT2D eigenvalue weighted by molar-refractivity contribution is 7.20. The first-order valence-electron chi connectivity index (χ1n) is 6.98. The van der Waals surface area contributed by atoms with Crippen LogP contribution in [0.15, 0.2) is 23.2 Å². The van der Waals surface area contributed by atoms with Crippen molar-refractivity contribution in [2.75, 3.05) is 0 Å². The van der Waals surface area contributed by atoms with E-state index in [-0.39, 0.29) is 0 Å². The summed E-state index contributed by atoms with van der Waals surface area (Å²) in [6.45, 7) is 4.43. The molecular weight excluding hydrogens is 383 g/mol. The molecule has 0 atom stereocenters. The molecule has 0 aliphatic rings. The van der Waals surface area contributed by atoms with E-state index in [9.17, 15) is 4.79 Å². The van der Waals surface area contributed by atoms with Crippen LogP contribution in [0, 0.1) is 26.2 Å². The molecule has 3 aromatic rings. The number of halogens is 2. The highest BCUT2D eigenvalue weighted by Crippen LogP contribution is 2.31. The van der Waals surface area contributed by atoms with Gasteiger partial charge in [0, 0.05) is 0 Å². The Kier molecular flexibility index (Phi) is 4.84. The maximum absolute atomic E-state index is 12.5. The molecule has 3 nitrogen and oxygen atoms in total. The van der Waals surface area contributed by atoms with Crippen LogP contribution in [0.25, 0.3) is 10.2 Å². The quantitative estimate of drug-likeness (QED) is 0.559. The number of benzene rings is 1. The monoisotopic (exact) mass is 394 g/mol. The number of nitrogens with zero attached hydrogens (tertiary/aromatic N) is 2. The number of aryl methyl sites for hydroxylation is 2. The minimum absolute atomic E-state index is 0.309. The molecular formula is C17H12Cl2N2OS2.